The van der Waals surface area contributed by atoms with Gasteiger partial charge in [-0.05, 0) is 76.1 Å². The minimum absolute atomic E-state index is 0.619. The summed E-state index contributed by atoms with van der Waals surface area (Å²) in [4.78, 5) is 15.3. The molecular formula is C53H33N5. The van der Waals surface area contributed by atoms with Crippen LogP contribution in [0.15, 0.2) is 200 Å². The number of fused-ring (bicyclic) bond motifs is 9. The van der Waals surface area contributed by atoms with Crippen molar-refractivity contribution in [2.45, 2.75) is 0 Å². The summed E-state index contributed by atoms with van der Waals surface area (Å²) in [5.41, 5.74) is 9.52. The summed E-state index contributed by atoms with van der Waals surface area (Å²) < 4.78 is 4.82. The minimum Gasteiger partial charge on any atom is -0.309 e. The van der Waals surface area contributed by atoms with Gasteiger partial charge in [0.1, 0.15) is 0 Å². The number of nitrogens with zero attached hydrogens (tertiary/aromatic N) is 5. The molecule has 3 heterocycles. The van der Waals surface area contributed by atoms with Crippen LogP contribution in [0.25, 0.3) is 111 Å². The highest BCUT2D eigenvalue weighted by Crippen LogP contribution is 2.41. The molecule has 0 amide bonds. The monoisotopic (exact) mass is 739 g/mol. The molecule has 0 saturated carbocycles. The molecule has 0 N–H and O–H groups in total. The number of rotatable bonds is 5. The molecular weight excluding hydrogens is 707 g/mol. The van der Waals surface area contributed by atoms with Crippen LogP contribution in [0.5, 0.6) is 0 Å². The molecule has 9 aromatic carbocycles. The van der Waals surface area contributed by atoms with Crippen LogP contribution >= 0.6 is 0 Å². The quantitative estimate of drug-likeness (QED) is 0.177. The number of hydrogen-bond donors (Lipinski definition) is 0. The van der Waals surface area contributed by atoms with E-state index in [2.05, 4.69) is 173 Å². The summed E-state index contributed by atoms with van der Waals surface area (Å²) >= 11 is 0. The summed E-state index contributed by atoms with van der Waals surface area (Å²) in [6.45, 7) is 0. The summed E-state index contributed by atoms with van der Waals surface area (Å²) in [7, 11) is 0. The zero-order valence-electron chi connectivity index (χ0n) is 31.3. The van der Waals surface area contributed by atoms with Gasteiger partial charge in [-0.15, -0.1) is 0 Å². The Kier molecular flexibility index (Phi) is 7.16. The van der Waals surface area contributed by atoms with E-state index in [1.54, 1.807) is 0 Å². The van der Waals surface area contributed by atoms with Crippen molar-refractivity contribution in [2.24, 2.45) is 0 Å². The van der Waals surface area contributed by atoms with Gasteiger partial charge < -0.3 is 9.13 Å². The SMILES string of the molecule is c1ccc(-c2nc(-c3ccccc3)nc(-c3ccccc3-n3c4ccc(-n5c6ccccc6c6c7ccccc7ccc65)cc4c4cc5ccccc5cc43)n2)cc1. The van der Waals surface area contributed by atoms with E-state index < -0.39 is 0 Å². The predicted molar refractivity (Wildman–Crippen MR) is 240 cm³/mol. The van der Waals surface area contributed by atoms with Crippen molar-refractivity contribution in [1.29, 1.82) is 0 Å². The van der Waals surface area contributed by atoms with Gasteiger partial charge in [-0.3, -0.25) is 0 Å². The summed E-state index contributed by atoms with van der Waals surface area (Å²) in [5.74, 6) is 1.89. The lowest BCUT2D eigenvalue weighted by molar-refractivity contribution is 1.06. The average molecular weight is 740 g/mol. The third-order valence-corrected chi connectivity index (χ3v) is 11.5. The molecule has 0 saturated heterocycles. The normalized spacial score (nSPS) is 11.8. The molecule has 0 aliphatic carbocycles. The first-order valence-corrected chi connectivity index (χ1v) is 19.6. The Morgan fingerprint density at radius 3 is 1.62 bits per heavy atom. The molecule has 0 spiro atoms. The number of hydrogen-bond acceptors (Lipinski definition) is 3. The highest BCUT2D eigenvalue weighted by atomic mass is 15.1. The fraction of sp³-hybridized carbons (Fsp3) is 0. The van der Waals surface area contributed by atoms with E-state index in [0.29, 0.717) is 17.5 Å². The third-order valence-electron chi connectivity index (χ3n) is 11.5. The van der Waals surface area contributed by atoms with Gasteiger partial charge in [0, 0.05) is 43.9 Å². The summed E-state index contributed by atoms with van der Waals surface area (Å²) in [6, 6.07) is 71.0. The lowest BCUT2D eigenvalue weighted by atomic mass is 10.0. The Hall–Kier alpha value is -7.89. The van der Waals surface area contributed by atoms with Crippen LogP contribution in [-0.4, -0.2) is 24.1 Å². The largest absolute Gasteiger partial charge is 0.309 e. The van der Waals surface area contributed by atoms with E-state index in [0.717, 1.165) is 39.1 Å². The second-order valence-electron chi connectivity index (χ2n) is 14.8. The number of benzene rings is 9. The standard InChI is InChI=1S/C53H33N5/c1-3-16-35(17-4-1)51-54-52(36-18-5-2-6-19-36)56-53(55-51)42-24-12-14-26-46(42)58-47-30-28-39(33-44(47)43-31-37-20-7-8-21-38(37)32-49(43)58)57-45-25-13-11-23-41(45)50-40-22-10-9-15-34(40)27-29-48(50)57/h1-33H. The van der Waals surface area contributed by atoms with E-state index in [4.69, 9.17) is 15.0 Å². The maximum Gasteiger partial charge on any atom is 0.166 e. The first-order chi connectivity index (χ1) is 28.8. The Morgan fingerprint density at radius 1 is 0.310 bits per heavy atom. The van der Waals surface area contributed by atoms with E-state index in [1.165, 1.54) is 54.1 Å². The van der Waals surface area contributed by atoms with Gasteiger partial charge in [-0.1, -0.05) is 146 Å². The van der Waals surface area contributed by atoms with Crippen LogP contribution in [0.3, 0.4) is 0 Å². The van der Waals surface area contributed by atoms with Crippen molar-refractivity contribution in [3.8, 4) is 45.5 Å². The van der Waals surface area contributed by atoms with Gasteiger partial charge in [-0.25, -0.2) is 15.0 Å². The molecule has 0 radical (unpaired) electrons. The van der Waals surface area contributed by atoms with E-state index in [1.807, 2.05) is 36.4 Å². The predicted octanol–water partition coefficient (Wildman–Crippen LogP) is 13.4. The second-order valence-corrected chi connectivity index (χ2v) is 14.8. The van der Waals surface area contributed by atoms with Gasteiger partial charge in [0.2, 0.25) is 0 Å². The van der Waals surface area contributed by atoms with Crippen LogP contribution in [0.4, 0.5) is 0 Å². The Labute approximate surface area is 333 Å². The van der Waals surface area contributed by atoms with Gasteiger partial charge in [0.15, 0.2) is 17.5 Å². The van der Waals surface area contributed by atoms with Gasteiger partial charge in [0.25, 0.3) is 0 Å². The summed E-state index contributed by atoms with van der Waals surface area (Å²) in [6.07, 6.45) is 0. The molecule has 3 aromatic heterocycles. The van der Waals surface area contributed by atoms with Crippen molar-refractivity contribution in [2.75, 3.05) is 0 Å². The highest BCUT2D eigenvalue weighted by Gasteiger charge is 2.21. The molecule has 0 aliphatic rings. The van der Waals surface area contributed by atoms with Crippen molar-refractivity contribution in [3.63, 3.8) is 0 Å². The maximum atomic E-state index is 5.17. The molecule has 270 valence electrons. The van der Waals surface area contributed by atoms with Crippen molar-refractivity contribution in [1.82, 2.24) is 24.1 Å². The zero-order chi connectivity index (χ0) is 38.2. The lowest BCUT2D eigenvalue weighted by Crippen LogP contribution is -2.03. The molecule has 0 bridgehead atoms. The topological polar surface area (TPSA) is 48.5 Å². The molecule has 5 heteroatoms. The molecule has 12 rings (SSSR count). The third kappa shape index (κ3) is 5.00. The fourth-order valence-electron chi connectivity index (χ4n) is 8.90. The van der Waals surface area contributed by atoms with Crippen LogP contribution in [0, 0.1) is 0 Å². The number of para-hydroxylation sites is 2. The molecule has 0 aliphatic heterocycles. The zero-order valence-corrected chi connectivity index (χ0v) is 31.3. The summed E-state index contributed by atoms with van der Waals surface area (Å²) in [5, 5.41) is 9.77. The average Bonchev–Trinajstić information content (AvgIpc) is 3.80. The molecule has 5 nitrogen and oxygen atoms in total. The van der Waals surface area contributed by atoms with Crippen LogP contribution in [0.2, 0.25) is 0 Å². The number of aromatic nitrogens is 5. The van der Waals surface area contributed by atoms with E-state index in [-0.39, 0.29) is 0 Å². The smallest absolute Gasteiger partial charge is 0.166 e. The molecule has 12 aromatic rings. The van der Waals surface area contributed by atoms with E-state index in [9.17, 15) is 0 Å². The molecule has 0 fully saturated rings. The maximum absolute atomic E-state index is 5.17. The van der Waals surface area contributed by atoms with Crippen molar-refractivity contribution < 1.29 is 0 Å². The van der Waals surface area contributed by atoms with Crippen LogP contribution < -0.4 is 0 Å². The van der Waals surface area contributed by atoms with Crippen molar-refractivity contribution in [3.05, 3.63) is 200 Å². The molecule has 58 heavy (non-hydrogen) atoms. The second kappa shape index (κ2) is 12.8. The van der Waals surface area contributed by atoms with Crippen LogP contribution in [0.1, 0.15) is 0 Å². The van der Waals surface area contributed by atoms with Gasteiger partial charge >= 0.3 is 0 Å². The molecule has 0 atom stereocenters. The van der Waals surface area contributed by atoms with Crippen LogP contribution in [-0.2, 0) is 0 Å². The Balaban J connectivity index is 1.14. The fourth-order valence-corrected chi connectivity index (χ4v) is 8.90. The Morgan fingerprint density at radius 2 is 0.862 bits per heavy atom. The highest BCUT2D eigenvalue weighted by molar-refractivity contribution is 6.22. The first kappa shape index (κ1) is 32.4. The first-order valence-electron chi connectivity index (χ1n) is 19.6. The van der Waals surface area contributed by atoms with Gasteiger partial charge in [0.05, 0.1) is 27.8 Å². The van der Waals surface area contributed by atoms with Gasteiger partial charge in [-0.2, -0.15) is 0 Å². The van der Waals surface area contributed by atoms with E-state index >= 15 is 0 Å². The minimum atomic E-state index is 0.619. The molecule has 0 unspecified atom stereocenters. The Bertz CT molecular complexity index is 3510. The van der Waals surface area contributed by atoms with Crippen molar-refractivity contribution >= 4 is 65.2 Å². The lowest BCUT2D eigenvalue weighted by Gasteiger charge is -2.15.